The van der Waals surface area contributed by atoms with Crippen molar-refractivity contribution in [3.8, 4) is 5.75 Å². The van der Waals surface area contributed by atoms with Gasteiger partial charge in [-0.2, -0.15) is 0 Å². The number of nitrogens with zero attached hydrogens (tertiary/aromatic N) is 2. The van der Waals surface area contributed by atoms with E-state index in [2.05, 4.69) is 0 Å². The molecule has 0 saturated carbocycles. The summed E-state index contributed by atoms with van der Waals surface area (Å²) < 4.78 is 24.7. The van der Waals surface area contributed by atoms with Crippen LogP contribution in [0.25, 0.3) is 0 Å². The van der Waals surface area contributed by atoms with E-state index in [0.29, 0.717) is 0 Å². The number of nitro benzene ring substituents is 1. The maximum atomic E-state index is 11.9. The van der Waals surface area contributed by atoms with Gasteiger partial charge in [-0.15, -0.1) is 0 Å². The molecule has 0 radical (unpaired) electrons. The minimum atomic E-state index is -3.76. The highest BCUT2D eigenvalue weighted by Crippen LogP contribution is 2.31. The Labute approximate surface area is 98.5 Å². The van der Waals surface area contributed by atoms with Crippen molar-refractivity contribution in [2.45, 2.75) is 11.8 Å². The van der Waals surface area contributed by atoms with Gasteiger partial charge in [0.1, 0.15) is 0 Å². The molecule has 0 spiro atoms. The smallest absolute Gasteiger partial charge is 0.312 e. The van der Waals surface area contributed by atoms with Crippen LogP contribution in [0.15, 0.2) is 17.0 Å². The second kappa shape index (κ2) is 4.30. The highest BCUT2D eigenvalue weighted by atomic mass is 32.2. The number of aryl methyl sites for hydroxylation is 1. The number of hydrogen-bond acceptors (Lipinski definition) is 5. The van der Waals surface area contributed by atoms with Gasteiger partial charge in [-0.25, -0.2) is 12.7 Å². The van der Waals surface area contributed by atoms with Crippen LogP contribution in [0, 0.1) is 17.0 Å². The lowest BCUT2D eigenvalue weighted by Crippen LogP contribution is -2.23. The Morgan fingerprint density at radius 1 is 1.35 bits per heavy atom. The maximum absolute atomic E-state index is 11.9. The molecule has 94 valence electrons. The van der Waals surface area contributed by atoms with Crippen molar-refractivity contribution in [3.05, 3.63) is 27.8 Å². The first-order valence-electron chi connectivity index (χ1n) is 4.58. The number of aromatic hydroxyl groups is 1. The molecule has 0 amide bonds. The van der Waals surface area contributed by atoms with Gasteiger partial charge in [0.25, 0.3) is 0 Å². The molecule has 0 unspecified atom stereocenters. The molecule has 0 aliphatic carbocycles. The molecule has 0 heterocycles. The largest absolute Gasteiger partial charge is 0.502 e. The lowest BCUT2D eigenvalue weighted by molar-refractivity contribution is -0.386. The Hall–Kier alpha value is -1.67. The summed E-state index contributed by atoms with van der Waals surface area (Å²) in [5.41, 5.74) is -0.377. The van der Waals surface area contributed by atoms with Crippen molar-refractivity contribution in [2.24, 2.45) is 0 Å². The third kappa shape index (κ3) is 2.37. The van der Waals surface area contributed by atoms with Crippen LogP contribution < -0.4 is 0 Å². The number of hydrogen-bond donors (Lipinski definition) is 1. The molecule has 0 aliphatic heterocycles. The first-order chi connectivity index (χ1) is 7.67. The van der Waals surface area contributed by atoms with Crippen molar-refractivity contribution in [2.75, 3.05) is 14.1 Å². The summed E-state index contributed by atoms with van der Waals surface area (Å²) in [5, 5.41) is 20.0. The Balaban J connectivity index is 3.57. The van der Waals surface area contributed by atoms with Crippen molar-refractivity contribution in [1.82, 2.24) is 4.31 Å². The monoisotopic (exact) mass is 260 g/mol. The Kier molecular flexibility index (Phi) is 3.39. The van der Waals surface area contributed by atoms with Crippen LogP contribution in [-0.2, 0) is 10.0 Å². The number of rotatable bonds is 3. The van der Waals surface area contributed by atoms with E-state index in [1.165, 1.54) is 21.0 Å². The van der Waals surface area contributed by atoms with Gasteiger partial charge < -0.3 is 5.11 Å². The third-order valence-corrected chi connectivity index (χ3v) is 4.18. The first kappa shape index (κ1) is 13.4. The molecular weight excluding hydrogens is 248 g/mol. The maximum Gasteiger partial charge on any atom is 0.312 e. The molecule has 0 fully saturated rings. The first-order valence-corrected chi connectivity index (χ1v) is 6.02. The summed E-state index contributed by atoms with van der Waals surface area (Å²) >= 11 is 0. The van der Waals surface area contributed by atoms with Gasteiger partial charge in [-0.1, -0.05) is 0 Å². The van der Waals surface area contributed by atoms with Gasteiger partial charge in [0.15, 0.2) is 5.75 Å². The van der Waals surface area contributed by atoms with E-state index in [0.717, 1.165) is 16.4 Å². The molecule has 17 heavy (non-hydrogen) atoms. The molecule has 1 rings (SSSR count). The summed E-state index contributed by atoms with van der Waals surface area (Å²) in [7, 11) is -1.11. The quantitative estimate of drug-likeness (QED) is 0.641. The molecule has 1 aromatic rings. The van der Waals surface area contributed by atoms with E-state index >= 15 is 0 Å². The van der Waals surface area contributed by atoms with Crippen molar-refractivity contribution in [1.29, 1.82) is 0 Å². The molecule has 0 aliphatic rings. The lowest BCUT2D eigenvalue weighted by atomic mass is 10.2. The second-order valence-electron chi connectivity index (χ2n) is 3.65. The summed E-state index contributed by atoms with van der Waals surface area (Å²) in [4.78, 5) is 9.60. The van der Waals surface area contributed by atoms with Crippen molar-refractivity contribution < 1.29 is 18.4 Å². The standard InChI is InChI=1S/C9H12N2O5S/c1-6-4-8(12)7(11(13)14)5-9(6)17(15,16)10(2)3/h4-5,12H,1-3H3. The summed E-state index contributed by atoms with van der Waals surface area (Å²) in [6.45, 7) is 1.46. The van der Waals surface area contributed by atoms with Gasteiger partial charge in [0, 0.05) is 20.2 Å². The minimum Gasteiger partial charge on any atom is -0.502 e. The number of phenolic OH excluding ortho intramolecular Hbond substituents is 1. The fourth-order valence-corrected chi connectivity index (χ4v) is 2.40. The zero-order chi connectivity index (χ0) is 13.4. The van der Waals surface area contributed by atoms with E-state index in [9.17, 15) is 23.6 Å². The molecule has 7 nitrogen and oxygen atoms in total. The van der Waals surface area contributed by atoms with Crippen molar-refractivity contribution in [3.63, 3.8) is 0 Å². The van der Waals surface area contributed by atoms with Crippen LogP contribution >= 0.6 is 0 Å². The molecular formula is C9H12N2O5S. The third-order valence-electron chi connectivity index (χ3n) is 2.23. The summed E-state index contributed by atoms with van der Waals surface area (Å²) in [6, 6.07) is 1.93. The molecule has 0 bridgehead atoms. The van der Waals surface area contributed by atoms with E-state index in [-0.39, 0.29) is 10.5 Å². The molecule has 0 aromatic heterocycles. The van der Waals surface area contributed by atoms with Gasteiger partial charge in [-0.3, -0.25) is 10.1 Å². The summed E-state index contributed by atoms with van der Waals surface area (Å²) in [5.74, 6) is -0.551. The van der Waals surface area contributed by atoms with Gasteiger partial charge >= 0.3 is 5.69 Å². The van der Waals surface area contributed by atoms with Crippen LogP contribution in [-0.4, -0.2) is 36.8 Å². The number of sulfonamides is 1. The predicted octanol–water partition coefficient (Wildman–Crippen LogP) is 0.859. The molecule has 0 atom stereocenters. The van der Waals surface area contributed by atoms with Crippen LogP contribution in [0.1, 0.15) is 5.56 Å². The van der Waals surface area contributed by atoms with Crippen LogP contribution in [0.2, 0.25) is 0 Å². The average molecular weight is 260 g/mol. The van der Waals surface area contributed by atoms with Crippen molar-refractivity contribution >= 4 is 15.7 Å². The van der Waals surface area contributed by atoms with Crippen LogP contribution in [0.3, 0.4) is 0 Å². The van der Waals surface area contributed by atoms with E-state index in [4.69, 9.17) is 0 Å². The van der Waals surface area contributed by atoms with E-state index in [1.54, 1.807) is 0 Å². The van der Waals surface area contributed by atoms with Gasteiger partial charge in [0.05, 0.1) is 9.82 Å². The molecule has 8 heteroatoms. The molecule has 0 saturated heterocycles. The SMILES string of the molecule is Cc1cc(O)c([N+](=O)[O-])cc1S(=O)(=O)N(C)C. The second-order valence-corrected chi connectivity index (χ2v) is 5.77. The molecule has 1 N–H and O–H groups in total. The predicted molar refractivity (Wildman–Crippen MR) is 60.4 cm³/mol. The van der Waals surface area contributed by atoms with Crippen LogP contribution in [0.4, 0.5) is 5.69 Å². The van der Waals surface area contributed by atoms with Gasteiger partial charge in [-0.05, 0) is 18.6 Å². The number of nitro groups is 1. The Morgan fingerprint density at radius 2 is 1.88 bits per heavy atom. The van der Waals surface area contributed by atoms with Crippen LogP contribution in [0.5, 0.6) is 5.75 Å². The highest BCUT2D eigenvalue weighted by molar-refractivity contribution is 7.89. The lowest BCUT2D eigenvalue weighted by Gasteiger charge is -2.13. The fraction of sp³-hybridized carbons (Fsp3) is 0.333. The normalized spacial score (nSPS) is 11.8. The Bertz CT molecular complexity index is 565. The zero-order valence-corrected chi connectivity index (χ0v) is 10.4. The zero-order valence-electron chi connectivity index (χ0n) is 9.54. The van der Waals surface area contributed by atoms with E-state index < -0.39 is 26.4 Å². The number of phenols is 1. The fourth-order valence-electron chi connectivity index (χ4n) is 1.28. The minimum absolute atomic E-state index is 0.188. The number of benzene rings is 1. The van der Waals surface area contributed by atoms with Gasteiger partial charge in [0.2, 0.25) is 10.0 Å². The van der Waals surface area contributed by atoms with E-state index in [1.807, 2.05) is 0 Å². The molecule has 1 aromatic carbocycles. The highest BCUT2D eigenvalue weighted by Gasteiger charge is 2.25. The summed E-state index contributed by atoms with van der Waals surface area (Å²) in [6.07, 6.45) is 0. The Morgan fingerprint density at radius 3 is 2.29 bits per heavy atom. The topological polar surface area (TPSA) is 101 Å². The average Bonchev–Trinajstić information content (AvgIpc) is 2.15.